The van der Waals surface area contributed by atoms with Gasteiger partial charge in [0.25, 0.3) is 0 Å². The molecule has 64 valence electrons. The predicted octanol–water partition coefficient (Wildman–Crippen LogP) is 0.833. The van der Waals surface area contributed by atoms with Gasteiger partial charge in [0.1, 0.15) is 5.84 Å². The highest BCUT2D eigenvalue weighted by Crippen LogP contribution is 2.25. The van der Waals surface area contributed by atoms with Gasteiger partial charge in [-0.15, -0.1) is 11.8 Å². The quantitative estimate of drug-likeness (QED) is 0.490. The van der Waals surface area contributed by atoms with Gasteiger partial charge in [-0.2, -0.15) is 0 Å². The molecule has 1 aliphatic rings. The van der Waals surface area contributed by atoms with Crippen LogP contribution in [0, 0.1) is 5.41 Å². The Balaban J connectivity index is 2.24. The first-order valence-electron chi connectivity index (χ1n) is 3.81. The number of rotatable bonds is 4. The molecule has 11 heavy (non-hydrogen) atoms. The molecule has 1 heterocycles. The van der Waals surface area contributed by atoms with E-state index in [1.54, 1.807) is 11.8 Å². The minimum atomic E-state index is 0.198. The molecule has 1 atom stereocenters. The van der Waals surface area contributed by atoms with E-state index in [0.29, 0.717) is 11.1 Å². The Labute approximate surface area is 71.2 Å². The Bertz CT molecular complexity index is 147. The maximum absolute atomic E-state index is 7.26. The smallest absolute Gasteiger partial charge is 0.104 e. The Morgan fingerprint density at radius 3 is 2.73 bits per heavy atom. The number of amidine groups is 1. The van der Waals surface area contributed by atoms with Gasteiger partial charge in [0, 0.05) is 0 Å². The van der Waals surface area contributed by atoms with Crippen molar-refractivity contribution in [2.24, 2.45) is 5.73 Å². The summed E-state index contributed by atoms with van der Waals surface area (Å²) in [5.74, 6) is 0.296. The van der Waals surface area contributed by atoms with Crippen LogP contribution in [0.4, 0.5) is 0 Å². The summed E-state index contributed by atoms with van der Waals surface area (Å²) in [5, 5.41) is 8.03. The van der Waals surface area contributed by atoms with E-state index >= 15 is 0 Å². The number of thioether (sulfide) groups is 1. The monoisotopic (exact) mass is 174 g/mol. The topological polar surface area (TPSA) is 59.1 Å². The maximum Gasteiger partial charge on any atom is 0.104 e. The lowest BCUT2D eigenvalue weighted by Crippen LogP contribution is -2.35. The zero-order valence-electron chi connectivity index (χ0n) is 6.67. The summed E-state index contributed by atoms with van der Waals surface area (Å²) in [6.07, 6.45) is 0.941. The number of nitrogens with one attached hydrogen (secondary N) is 1. The zero-order chi connectivity index (χ0) is 8.27. The van der Waals surface area contributed by atoms with Crippen molar-refractivity contribution in [2.45, 2.75) is 23.8 Å². The molecule has 1 aliphatic heterocycles. The first-order valence-corrected chi connectivity index (χ1v) is 4.75. The van der Waals surface area contributed by atoms with Crippen LogP contribution < -0.4 is 5.73 Å². The van der Waals surface area contributed by atoms with Gasteiger partial charge in [-0.3, -0.25) is 5.41 Å². The molecule has 1 rings (SSSR count). The molecule has 0 aromatic heterocycles. The summed E-state index contributed by atoms with van der Waals surface area (Å²) in [7, 11) is 0. The molecule has 0 aromatic rings. The van der Waals surface area contributed by atoms with Crippen LogP contribution in [-0.2, 0) is 4.74 Å². The highest BCUT2D eigenvalue weighted by atomic mass is 32.2. The van der Waals surface area contributed by atoms with Crippen LogP contribution in [0.1, 0.15) is 13.3 Å². The van der Waals surface area contributed by atoms with E-state index in [4.69, 9.17) is 15.9 Å². The van der Waals surface area contributed by atoms with E-state index in [0.717, 1.165) is 19.6 Å². The summed E-state index contributed by atoms with van der Waals surface area (Å²) < 4.78 is 5.03. The van der Waals surface area contributed by atoms with Crippen LogP contribution in [0.3, 0.4) is 0 Å². The van der Waals surface area contributed by atoms with E-state index in [1.165, 1.54) is 0 Å². The third-order valence-corrected chi connectivity index (χ3v) is 3.25. The summed E-state index contributed by atoms with van der Waals surface area (Å²) in [6.45, 7) is 3.71. The number of hydrogen-bond donors (Lipinski definition) is 2. The average molecular weight is 174 g/mol. The third kappa shape index (κ3) is 2.38. The summed E-state index contributed by atoms with van der Waals surface area (Å²) in [6, 6.07) is 0. The lowest BCUT2D eigenvalue weighted by molar-refractivity contribution is 0.0454. The van der Waals surface area contributed by atoms with Crippen LogP contribution >= 0.6 is 11.8 Å². The normalized spacial score (nSPS) is 20.8. The van der Waals surface area contributed by atoms with Crippen molar-refractivity contribution in [1.82, 2.24) is 0 Å². The molecule has 4 heteroatoms. The molecule has 3 nitrogen and oxygen atoms in total. The van der Waals surface area contributed by atoms with E-state index in [-0.39, 0.29) is 5.25 Å². The second-order valence-corrected chi connectivity index (χ2v) is 4.16. The van der Waals surface area contributed by atoms with Crippen LogP contribution in [0.2, 0.25) is 0 Å². The van der Waals surface area contributed by atoms with Gasteiger partial charge >= 0.3 is 0 Å². The minimum Gasteiger partial charge on any atom is -0.387 e. The maximum atomic E-state index is 7.26. The van der Waals surface area contributed by atoms with Crippen molar-refractivity contribution in [3.63, 3.8) is 0 Å². The highest BCUT2D eigenvalue weighted by molar-refractivity contribution is 8.01. The van der Waals surface area contributed by atoms with Gasteiger partial charge in [0.15, 0.2) is 0 Å². The fourth-order valence-electron chi connectivity index (χ4n) is 0.914. The lowest BCUT2D eigenvalue weighted by Gasteiger charge is -2.28. The van der Waals surface area contributed by atoms with E-state index in [9.17, 15) is 0 Å². The molecule has 0 amide bonds. The van der Waals surface area contributed by atoms with Crippen LogP contribution in [-0.4, -0.2) is 29.5 Å². The molecule has 1 saturated heterocycles. The van der Waals surface area contributed by atoms with Gasteiger partial charge in [0.05, 0.1) is 23.7 Å². The SMILES string of the molecule is CCC(SC1COC1)C(=N)N. The highest BCUT2D eigenvalue weighted by Gasteiger charge is 2.23. The molecule has 1 unspecified atom stereocenters. The Morgan fingerprint density at radius 1 is 1.82 bits per heavy atom. The molecular weight excluding hydrogens is 160 g/mol. The van der Waals surface area contributed by atoms with Crippen molar-refractivity contribution >= 4 is 17.6 Å². The number of nitrogens with two attached hydrogens (primary N) is 1. The van der Waals surface area contributed by atoms with Crippen molar-refractivity contribution in [1.29, 1.82) is 5.41 Å². The Hall–Kier alpha value is -0.220. The number of ether oxygens (including phenoxy) is 1. The molecule has 0 bridgehead atoms. The van der Waals surface area contributed by atoms with Gasteiger partial charge in [0.2, 0.25) is 0 Å². The van der Waals surface area contributed by atoms with Gasteiger partial charge in [-0.05, 0) is 6.42 Å². The second-order valence-electron chi connectivity index (χ2n) is 2.65. The first kappa shape index (κ1) is 8.87. The molecular formula is C7H14N2OS. The standard InChI is InChI=1S/C7H14N2OS/c1-2-6(7(8)9)11-5-3-10-4-5/h5-6H,2-4H2,1H3,(H3,8,9). The number of hydrogen-bond acceptors (Lipinski definition) is 3. The third-order valence-electron chi connectivity index (χ3n) is 1.68. The molecule has 1 fully saturated rings. The predicted molar refractivity (Wildman–Crippen MR) is 48.2 cm³/mol. The van der Waals surface area contributed by atoms with Crippen LogP contribution in [0.25, 0.3) is 0 Å². The largest absolute Gasteiger partial charge is 0.387 e. The zero-order valence-corrected chi connectivity index (χ0v) is 7.49. The van der Waals surface area contributed by atoms with Crippen molar-refractivity contribution < 1.29 is 4.74 Å². The van der Waals surface area contributed by atoms with Crippen molar-refractivity contribution in [3.05, 3.63) is 0 Å². The first-order chi connectivity index (χ1) is 5.24. The van der Waals surface area contributed by atoms with Crippen LogP contribution in [0.15, 0.2) is 0 Å². The van der Waals surface area contributed by atoms with Gasteiger partial charge < -0.3 is 10.5 Å². The van der Waals surface area contributed by atoms with E-state index < -0.39 is 0 Å². The molecule has 0 radical (unpaired) electrons. The second kappa shape index (κ2) is 3.97. The van der Waals surface area contributed by atoms with Gasteiger partial charge in [-0.25, -0.2) is 0 Å². The van der Waals surface area contributed by atoms with Crippen molar-refractivity contribution in [2.75, 3.05) is 13.2 Å². The van der Waals surface area contributed by atoms with Gasteiger partial charge in [-0.1, -0.05) is 6.92 Å². The molecule has 0 aliphatic carbocycles. The molecule has 0 saturated carbocycles. The summed E-state index contributed by atoms with van der Waals surface area (Å²) in [4.78, 5) is 0. The van der Waals surface area contributed by atoms with Crippen LogP contribution in [0.5, 0.6) is 0 Å². The van der Waals surface area contributed by atoms with Crippen molar-refractivity contribution in [3.8, 4) is 0 Å². The lowest BCUT2D eigenvalue weighted by atomic mass is 10.3. The average Bonchev–Trinajstić information content (AvgIpc) is 1.85. The Morgan fingerprint density at radius 2 is 2.45 bits per heavy atom. The summed E-state index contributed by atoms with van der Waals surface area (Å²) >= 11 is 1.77. The fraction of sp³-hybridized carbons (Fsp3) is 0.857. The van der Waals surface area contributed by atoms with E-state index in [1.807, 2.05) is 0 Å². The summed E-state index contributed by atoms with van der Waals surface area (Å²) in [5.41, 5.74) is 5.40. The Kier molecular flexibility index (Phi) is 3.20. The molecule has 3 N–H and O–H groups in total. The molecule has 0 spiro atoms. The fourth-order valence-corrected chi connectivity index (χ4v) is 2.07. The van der Waals surface area contributed by atoms with E-state index in [2.05, 4.69) is 6.92 Å². The molecule has 0 aromatic carbocycles. The minimum absolute atomic E-state index is 0.198.